The minimum Gasteiger partial charge on any atom is -0.484 e. The largest absolute Gasteiger partial charge is 0.484 e. The van der Waals surface area contributed by atoms with Gasteiger partial charge in [-0.15, -0.1) is 0 Å². The van der Waals surface area contributed by atoms with Crippen LogP contribution in [0.2, 0.25) is 0 Å². The summed E-state index contributed by atoms with van der Waals surface area (Å²) in [6.45, 7) is 1.74. The Balaban J connectivity index is 1.51. The molecule has 128 valence electrons. The molecule has 2 aromatic carbocycles. The van der Waals surface area contributed by atoms with E-state index >= 15 is 0 Å². The summed E-state index contributed by atoms with van der Waals surface area (Å²) in [5, 5.41) is 6.74. The van der Waals surface area contributed by atoms with Gasteiger partial charge in [0.2, 0.25) is 5.89 Å². The summed E-state index contributed by atoms with van der Waals surface area (Å²) >= 11 is 0. The SMILES string of the molecule is C[C@H](NC(=O)COc1ccccc1)c1noc(Cc2ccccc2)n1. The second-order valence-corrected chi connectivity index (χ2v) is 5.60. The zero-order valence-electron chi connectivity index (χ0n) is 13.9. The van der Waals surface area contributed by atoms with E-state index in [-0.39, 0.29) is 18.6 Å². The number of hydrogen-bond acceptors (Lipinski definition) is 5. The van der Waals surface area contributed by atoms with Gasteiger partial charge in [0, 0.05) is 0 Å². The van der Waals surface area contributed by atoms with Crippen LogP contribution in [0.25, 0.3) is 0 Å². The number of nitrogens with zero attached hydrogens (tertiary/aromatic N) is 2. The second kappa shape index (κ2) is 8.10. The van der Waals surface area contributed by atoms with Gasteiger partial charge in [-0.3, -0.25) is 4.79 Å². The average molecular weight is 337 g/mol. The van der Waals surface area contributed by atoms with E-state index in [4.69, 9.17) is 9.26 Å². The number of para-hydroxylation sites is 1. The van der Waals surface area contributed by atoms with Crippen LogP contribution in [-0.2, 0) is 11.2 Å². The number of benzene rings is 2. The fourth-order valence-corrected chi connectivity index (χ4v) is 2.30. The number of hydrogen-bond donors (Lipinski definition) is 1. The quantitative estimate of drug-likeness (QED) is 0.717. The molecule has 0 aliphatic carbocycles. The molecule has 1 heterocycles. The van der Waals surface area contributed by atoms with Crippen molar-refractivity contribution in [2.24, 2.45) is 0 Å². The second-order valence-electron chi connectivity index (χ2n) is 5.60. The third kappa shape index (κ3) is 4.91. The molecule has 1 amide bonds. The van der Waals surface area contributed by atoms with Gasteiger partial charge in [0.1, 0.15) is 5.75 Å². The van der Waals surface area contributed by atoms with E-state index in [2.05, 4.69) is 15.5 Å². The maximum atomic E-state index is 12.0. The van der Waals surface area contributed by atoms with Crippen LogP contribution in [0, 0.1) is 0 Å². The third-order valence-electron chi connectivity index (χ3n) is 3.56. The molecule has 1 aromatic heterocycles. The molecule has 0 radical (unpaired) electrons. The van der Waals surface area contributed by atoms with Crippen LogP contribution < -0.4 is 10.1 Å². The molecule has 0 bridgehead atoms. The molecule has 0 saturated heterocycles. The lowest BCUT2D eigenvalue weighted by Gasteiger charge is -2.10. The average Bonchev–Trinajstić information content (AvgIpc) is 3.10. The van der Waals surface area contributed by atoms with Crippen LogP contribution in [-0.4, -0.2) is 22.7 Å². The molecule has 0 saturated carbocycles. The molecule has 0 unspecified atom stereocenters. The van der Waals surface area contributed by atoms with Crippen molar-refractivity contribution in [1.82, 2.24) is 15.5 Å². The molecule has 0 aliphatic rings. The highest BCUT2D eigenvalue weighted by Gasteiger charge is 2.16. The fourth-order valence-electron chi connectivity index (χ4n) is 2.30. The summed E-state index contributed by atoms with van der Waals surface area (Å²) < 4.78 is 10.7. The third-order valence-corrected chi connectivity index (χ3v) is 3.56. The van der Waals surface area contributed by atoms with Gasteiger partial charge in [0.05, 0.1) is 12.5 Å². The van der Waals surface area contributed by atoms with E-state index in [0.717, 1.165) is 5.56 Å². The number of ether oxygens (including phenoxy) is 1. The predicted octanol–water partition coefficient (Wildman–Crippen LogP) is 2.92. The van der Waals surface area contributed by atoms with Crippen LogP contribution in [0.5, 0.6) is 5.75 Å². The first-order chi connectivity index (χ1) is 12.2. The van der Waals surface area contributed by atoms with Gasteiger partial charge >= 0.3 is 0 Å². The van der Waals surface area contributed by atoms with Gasteiger partial charge in [0.15, 0.2) is 12.4 Å². The molecule has 1 atom stereocenters. The molecule has 3 rings (SSSR count). The maximum absolute atomic E-state index is 12.0. The topological polar surface area (TPSA) is 77.2 Å². The van der Waals surface area contributed by atoms with Crippen molar-refractivity contribution in [2.75, 3.05) is 6.61 Å². The van der Waals surface area contributed by atoms with E-state index in [1.165, 1.54) is 0 Å². The number of nitrogens with one attached hydrogen (secondary N) is 1. The summed E-state index contributed by atoms with van der Waals surface area (Å²) in [6.07, 6.45) is 0.561. The Hall–Kier alpha value is -3.15. The Morgan fingerprint density at radius 3 is 2.52 bits per heavy atom. The van der Waals surface area contributed by atoms with Crippen LogP contribution in [0.3, 0.4) is 0 Å². The Bertz CT molecular complexity index is 803. The molecule has 0 fully saturated rings. The zero-order valence-corrected chi connectivity index (χ0v) is 13.9. The van der Waals surface area contributed by atoms with Crippen molar-refractivity contribution >= 4 is 5.91 Å². The van der Waals surface area contributed by atoms with Crippen LogP contribution in [0.4, 0.5) is 0 Å². The van der Waals surface area contributed by atoms with E-state index in [0.29, 0.717) is 23.9 Å². The monoisotopic (exact) mass is 337 g/mol. The van der Waals surface area contributed by atoms with Crippen molar-refractivity contribution in [3.8, 4) is 5.75 Å². The first kappa shape index (κ1) is 16.7. The number of amides is 1. The van der Waals surface area contributed by atoms with Gasteiger partial charge in [-0.05, 0) is 24.6 Å². The van der Waals surface area contributed by atoms with E-state index < -0.39 is 0 Å². The highest BCUT2D eigenvalue weighted by atomic mass is 16.5. The Kier molecular flexibility index (Phi) is 5.41. The van der Waals surface area contributed by atoms with E-state index in [9.17, 15) is 4.79 Å². The first-order valence-electron chi connectivity index (χ1n) is 8.04. The smallest absolute Gasteiger partial charge is 0.258 e. The molecular formula is C19H19N3O3. The molecule has 1 N–H and O–H groups in total. The van der Waals surface area contributed by atoms with Crippen molar-refractivity contribution in [3.05, 3.63) is 77.9 Å². The molecule has 0 spiro atoms. The van der Waals surface area contributed by atoms with Crippen LogP contribution in [0.1, 0.15) is 30.2 Å². The summed E-state index contributed by atoms with van der Waals surface area (Å²) in [5.74, 6) is 1.36. The van der Waals surface area contributed by atoms with Crippen molar-refractivity contribution in [1.29, 1.82) is 0 Å². The lowest BCUT2D eigenvalue weighted by atomic mass is 10.1. The van der Waals surface area contributed by atoms with Gasteiger partial charge in [-0.1, -0.05) is 53.7 Å². The molecule has 3 aromatic rings. The number of rotatable bonds is 7. The Morgan fingerprint density at radius 2 is 1.80 bits per heavy atom. The fraction of sp³-hybridized carbons (Fsp3) is 0.211. The van der Waals surface area contributed by atoms with E-state index in [1.807, 2.05) is 48.5 Å². The molecule has 0 aliphatic heterocycles. The lowest BCUT2D eigenvalue weighted by Crippen LogP contribution is -2.31. The molecule has 6 nitrogen and oxygen atoms in total. The van der Waals surface area contributed by atoms with Gasteiger partial charge in [0.25, 0.3) is 5.91 Å². The van der Waals surface area contributed by atoms with Crippen LogP contribution in [0.15, 0.2) is 65.2 Å². The summed E-state index contributed by atoms with van der Waals surface area (Å²) in [4.78, 5) is 16.3. The zero-order chi connectivity index (χ0) is 17.5. The summed E-state index contributed by atoms with van der Waals surface area (Å²) in [6, 6.07) is 18.7. The maximum Gasteiger partial charge on any atom is 0.258 e. The number of aromatic nitrogens is 2. The normalized spacial score (nSPS) is 11.7. The highest BCUT2D eigenvalue weighted by Crippen LogP contribution is 2.12. The van der Waals surface area contributed by atoms with Gasteiger partial charge in [-0.25, -0.2) is 0 Å². The van der Waals surface area contributed by atoms with E-state index in [1.54, 1.807) is 19.1 Å². The van der Waals surface area contributed by atoms with Crippen molar-refractivity contribution in [2.45, 2.75) is 19.4 Å². The molecular weight excluding hydrogens is 318 g/mol. The minimum absolute atomic E-state index is 0.0664. The lowest BCUT2D eigenvalue weighted by molar-refractivity contribution is -0.123. The van der Waals surface area contributed by atoms with Gasteiger partial charge in [-0.2, -0.15) is 4.98 Å². The standard InChI is InChI=1S/C19H19N3O3/c1-14(20-17(23)13-24-16-10-6-3-7-11-16)19-21-18(25-22-19)12-15-8-4-2-5-9-15/h2-11,14H,12-13H2,1H3,(H,20,23)/t14-/m0/s1. The van der Waals surface area contributed by atoms with Crippen molar-refractivity contribution < 1.29 is 14.1 Å². The summed E-state index contributed by atoms with van der Waals surface area (Å²) in [5.41, 5.74) is 1.09. The molecule has 25 heavy (non-hydrogen) atoms. The molecule has 6 heteroatoms. The predicted molar refractivity (Wildman–Crippen MR) is 92.0 cm³/mol. The number of carbonyl (C=O) groups is 1. The minimum atomic E-state index is -0.361. The Morgan fingerprint density at radius 1 is 1.12 bits per heavy atom. The van der Waals surface area contributed by atoms with Gasteiger partial charge < -0.3 is 14.6 Å². The summed E-state index contributed by atoms with van der Waals surface area (Å²) in [7, 11) is 0. The number of carbonyl (C=O) groups excluding carboxylic acids is 1. The highest BCUT2D eigenvalue weighted by molar-refractivity contribution is 5.77. The van der Waals surface area contributed by atoms with Crippen molar-refractivity contribution in [3.63, 3.8) is 0 Å². The van der Waals surface area contributed by atoms with Crippen LogP contribution >= 0.6 is 0 Å². The first-order valence-corrected chi connectivity index (χ1v) is 8.04. The Labute approximate surface area is 145 Å².